The summed E-state index contributed by atoms with van der Waals surface area (Å²) in [4.78, 5) is 0. The van der Waals surface area contributed by atoms with Gasteiger partial charge in [0.05, 0.1) is 6.10 Å². The van der Waals surface area contributed by atoms with Crippen molar-refractivity contribution < 1.29 is 22.7 Å². The van der Waals surface area contributed by atoms with Crippen LogP contribution >= 0.6 is 0 Å². The van der Waals surface area contributed by atoms with Crippen LogP contribution in [0.5, 0.6) is 0 Å². The quantitative estimate of drug-likeness (QED) is 0.461. The molecule has 4 aliphatic carbocycles. The van der Waals surface area contributed by atoms with E-state index in [0.717, 1.165) is 38.5 Å². The van der Waals surface area contributed by atoms with Crippen molar-refractivity contribution in [3.8, 4) is 0 Å². The summed E-state index contributed by atoms with van der Waals surface area (Å²) in [5, 5.41) is 9.69. The van der Waals surface area contributed by atoms with Crippen molar-refractivity contribution in [3.63, 3.8) is 0 Å². The topological polar surface area (TPSA) is 20.2 Å². The van der Waals surface area contributed by atoms with E-state index in [4.69, 9.17) is 0 Å². The highest BCUT2D eigenvalue weighted by molar-refractivity contribution is 5.14. The lowest BCUT2D eigenvalue weighted by Gasteiger charge is -2.63. The van der Waals surface area contributed by atoms with Crippen LogP contribution in [0.4, 0.5) is 17.6 Å². The number of rotatable bonds is 4. The molecule has 0 saturated heterocycles. The predicted octanol–water partition coefficient (Wildman–Crippen LogP) is 7.32. The van der Waals surface area contributed by atoms with Crippen molar-refractivity contribution in [1.82, 2.24) is 0 Å². The molecule has 0 aliphatic heterocycles. The highest BCUT2D eigenvalue weighted by atomic mass is 19.3. The molecule has 4 saturated carbocycles. The van der Waals surface area contributed by atoms with Gasteiger partial charge in [-0.1, -0.05) is 20.8 Å². The first-order valence-corrected chi connectivity index (χ1v) is 12.2. The molecular weight excluding hydrogens is 392 g/mol. The molecule has 0 amide bonds. The van der Waals surface area contributed by atoms with Crippen molar-refractivity contribution in [2.24, 2.45) is 46.3 Å². The number of alkyl halides is 4. The molecule has 9 unspecified atom stereocenters. The summed E-state index contributed by atoms with van der Waals surface area (Å²) in [6.45, 7) is 8.33. The number of halogens is 4. The molecule has 0 heterocycles. The molecule has 4 rings (SSSR count). The number of hydrogen-bond acceptors (Lipinski definition) is 1. The average molecular weight is 433 g/mol. The van der Waals surface area contributed by atoms with Gasteiger partial charge in [-0.15, -0.1) is 0 Å². The van der Waals surface area contributed by atoms with Crippen LogP contribution in [0.3, 0.4) is 0 Å². The minimum absolute atomic E-state index is 0.00883. The van der Waals surface area contributed by atoms with Gasteiger partial charge in [0, 0.05) is 25.2 Å². The Bertz CT molecular complexity index is 649. The highest BCUT2D eigenvalue weighted by Gasteiger charge is 2.69. The zero-order valence-electron chi connectivity index (χ0n) is 19.1. The minimum Gasteiger partial charge on any atom is -0.393 e. The molecule has 0 aromatic carbocycles. The third kappa shape index (κ3) is 3.53. The molecule has 4 fully saturated rings. The van der Waals surface area contributed by atoms with Crippen molar-refractivity contribution in [2.75, 3.05) is 0 Å². The van der Waals surface area contributed by atoms with Gasteiger partial charge < -0.3 is 5.11 Å². The molecule has 0 aromatic rings. The first-order chi connectivity index (χ1) is 13.8. The largest absolute Gasteiger partial charge is 0.393 e. The second-order valence-electron chi connectivity index (χ2n) is 12.1. The second-order valence-corrected chi connectivity index (χ2v) is 12.1. The lowest BCUT2D eigenvalue weighted by molar-refractivity contribution is -0.249. The monoisotopic (exact) mass is 432 g/mol. The summed E-state index contributed by atoms with van der Waals surface area (Å²) in [6, 6.07) is 0. The summed E-state index contributed by atoms with van der Waals surface area (Å²) >= 11 is 0. The van der Waals surface area contributed by atoms with Crippen LogP contribution < -0.4 is 0 Å². The Labute approximate surface area is 179 Å². The second kappa shape index (κ2) is 7.35. The fraction of sp³-hybridized carbons (Fsp3) is 1.00. The predicted molar refractivity (Wildman–Crippen MR) is 111 cm³/mol. The van der Waals surface area contributed by atoms with Gasteiger partial charge in [0.2, 0.25) is 5.92 Å². The van der Waals surface area contributed by atoms with Gasteiger partial charge in [0.15, 0.2) is 0 Å². The Morgan fingerprint density at radius 1 is 0.833 bits per heavy atom. The van der Waals surface area contributed by atoms with Gasteiger partial charge in [-0.05, 0) is 92.3 Å². The third-order valence-electron chi connectivity index (χ3n) is 10.4. The standard InChI is InChI=1S/C25H40F4O/c1-15(5-6-16(2)30)18-7-8-19-21-20(9-10-23(18,19)4)22(3)11-12-24(26,27)13-17(22)14-25(21,28)29/h15-21,30H,5-14H2,1-4H3. The number of fused-ring (bicyclic) bond motifs is 5. The molecule has 5 heteroatoms. The zero-order valence-corrected chi connectivity index (χ0v) is 19.1. The van der Waals surface area contributed by atoms with E-state index in [1.165, 1.54) is 0 Å². The summed E-state index contributed by atoms with van der Waals surface area (Å²) in [7, 11) is 0. The molecule has 174 valence electrons. The maximum absolute atomic E-state index is 15.6. The third-order valence-corrected chi connectivity index (χ3v) is 10.4. The summed E-state index contributed by atoms with van der Waals surface area (Å²) in [5.41, 5.74) is -0.462. The van der Waals surface area contributed by atoms with Gasteiger partial charge in [-0.3, -0.25) is 0 Å². The molecule has 0 radical (unpaired) electrons. The number of aliphatic hydroxyl groups is 1. The Kier molecular flexibility index (Phi) is 5.60. The molecular formula is C25H40F4O. The lowest BCUT2D eigenvalue weighted by Crippen LogP contribution is -2.61. The van der Waals surface area contributed by atoms with Crippen LogP contribution in [0.2, 0.25) is 0 Å². The van der Waals surface area contributed by atoms with Crippen molar-refractivity contribution in [3.05, 3.63) is 0 Å². The van der Waals surface area contributed by atoms with Crippen LogP contribution in [0.1, 0.15) is 91.9 Å². The van der Waals surface area contributed by atoms with E-state index in [2.05, 4.69) is 20.8 Å². The zero-order chi connectivity index (χ0) is 22.1. The van der Waals surface area contributed by atoms with E-state index in [9.17, 15) is 13.9 Å². The van der Waals surface area contributed by atoms with Gasteiger partial charge in [-0.25, -0.2) is 17.6 Å². The van der Waals surface area contributed by atoms with E-state index in [0.29, 0.717) is 18.3 Å². The first kappa shape index (κ1) is 22.9. The van der Waals surface area contributed by atoms with E-state index in [-0.39, 0.29) is 48.0 Å². The fourth-order valence-corrected chi connectivity index (χ4v) is 8.76. The average Bonchev–Trinajstić information content (AvgIpc) is 2.98. The van der Waals surface area contributed by atoms with Crippen LogP contribution in [0.15, 0.2) is 0 Å². The Morgan fingerprint density at radius 2 is 1.50 bits per heavy atom. The SMILES string of the molecule is CC(O)CCC(C)C1CCC2C3C(CCC12C)C1(C)CCC(F)(F)CC1CC3(F)F. The van der Waals surface area contributed by atoms with E-state index < -0.39 is 23.7 Å². The Morgan fingerprint density at radius 3 is 2.17 bits per heavy atom. The Hall–Kier alpha value is -0.320. The molecule has 0 spiro atoms. The van der Waals surface area contributed by atoms with E-state index in [1.807, 2.05) is 6.92 Å². The maximum atomic E-state index is 15.6. The normalized spacial score (nSPS) is 48.9. The van der Waals surface area contributed by atoms with Gasteiger partial charge in [0.1, 0.15) is 0 Å². The lowest BCUT2D eigenvalue weighted by atomic mass is 9.43. The van der Waals surface area contributed by atoms with Gasteiger partial charge in [-0.2, -0.15) is 0 Å². The number of aliphatic hydroxyl groups excluding tert-OH is 1. The first-order valence-electron chi connectivity index (χ1n) is 12.2. The smallest absolute Gasteiger partial charge is 0.251 e. The van der Waals surface area contributed by atoms with E-state index >= 15 is 8.78 Å². The maximum Gasteiger partial charge on any atom is 0.251 e. The Balaban J connectivity index is 1.60. The molecule has 4 aliphatic rings. The van der Waals surface area contributed by atoms with E-state index in [1.54, 1.807) is 0 Å². The summed E-state index contributed by atoms with van der Waals surface area (Å²) in [5.74, 6) is -6.15. The highest BCUT2D eigenvalue weighted by Crippen LogP contribution is 2.71. The summed E-state index contributed by atoms with van der Waals surface area (Å²) < 4.78 is 59.5. The van der Waals surface area contributed by atoms with Crippen LogP contribution in [0.25, 0.3) is 0 Å². The molecule has 0 bridgehead atoms. The van der Waals surface area contributed by atoms with Crippen LogP contribution in [0, 0.1) is 46.3 Å². The minimum atomic E-state index is -2.84. The molecule has 9 atom stereocenters. The fourth-order valence-electron chi connectivity index (χ4n) is 8.76. The molecule has 0 aromatic heterocycles. The van der Waals surface area contributed by atoms with Gasteiger partial charge in [0.25, 0.3) is 5.92 Å². The molecule has 30 heavy (non-hydrogen) atoms. The molecule has 1 N–H and O–H groups in total. The molecule has 1 nitrogen and oxygen atoms in total. The summed E-state index contributed by atoms with van der Waals surface area (Å²) in [6.07, 6.45) is 4.43. The van der Waals surface area contributed by atoms with Crippen LogP contribution in [-0.4, -0.2) is 23.1 Å². The van der Waals surface area contributed by atoms with Gasteiger partial charge >= 0.3 is 0 Å². The van der Waals surface area contributed by atoms with Crippen LogP contribution in [-0.2, 0) is 0 Å². The van der Waals surface area contributed by atoms with Crippen molar-refractivity contribution in [1.29, 1.82) is 0 Å². The van der Waals surface area contributed by atoms with Crippen molar-refractivity contribution >= 4 is 0 Å². The number of hydrogen-bond donors (Lipinski definition) is 1. The van der Waals surface area contributed by atoms with Crippen molar-refractivity contribution in [2.45, 2.75) is 110 Å².